The molecule has 0 unspecified atom stereocenters. The second-order valence-electron chi connectivity index (χ2n) is 16.0. The summed E-state index contributed by atoms with van der Waals surface area (Å²) in [7, 11) is 0. The van der Waals surface area contributed by atoms with Gasteiger partial charge < -0.3 is 0 Å². The number of hydrogen-bond donors (Lipinski definition) is 0. The van der Waals surface area contributed by atoms with Crippen LogP contribution in [0.4, 0.5) is 0 Å². The summed E-state index contributed by atoms with van der Waals surface area (Å²) in [5.74, 6) is 0. The van der Waals surface area contributed by atoms with Crippen LogP contribution in [-0.4, -0.2) is 0 Å². The molecular formula is C60H38S. The maximum Gasteiger partial charge on any atom is 0.0434 e. The number of thiophene rings is 1. The summed E-state index contributed by atoms with van der Waals surface area (Å²) in [6, 6.07) is 84.9. The van der Waals surface area contributed by atoms with Crippen molar-refractivity contribution >= 4 is 63.8 Å². The van der Waals surface area contributed by atoms with Crippen molar-refractivity contribution in [3.05, 3.63) is 231 Å². The van der Waals surface area contributed by atoms with Crippen LogP contribution in [0.2, 0.25) is 0 Å². The second-order valence-corrected chi connectivity index (χ2v) is 17.0. The normalized spacial score (nSPS) is 11.6. The van der Waals surface area contributed by atoms with Gasteiger partial charge in [0, 0.05) is 25.7 Å². The zero-order valence-electron chi connectivity index (χ0n) is 33.3. The largest absolute Gasteiger partial charge is 0.135 e. The minimum atomic E-state index is 1.19. The van der Waals surface area contributed by atoms with Crippen molar-refractivity contribution in [3.8, 4) is 66.8 Å². The molecule has 0 amide bonds. The van der Waals surface area contributed by atoms with Gasteiger partial charge in [-0.25, -0.2) is 0 Å². The molecule has 0 saturated heterocycles. The molecule has 0 nitrogen and oxygen atoms in total. The van der Waals surface area contributed by atoms with E-state index < -0.39 is 0 Å². The van der Waals surface area contributed by atoms with Crippen molar-refractivity contribution in [1.82, 2.24) is 0 Å². The van der Waals surface area contributed by atoms with Crippen molar-refractivity contribution in [2.45, 2.75) is 0 Å². The topological polar surface area (TPSA) is 0 Å². The predicted octanol–water partition coefficient (Wildman–Crippen LogP) is 17.5. The Morgan fingerprint density at radius 3 is 1.26 bits per heavy atom. The van der Waals surface area contributed by atoms with Gasteiger partial charge in [-0.3, -0.25) is 0 Å². The van der Waals surface area contributed by atoms with Gasteiger partial charge in [-0.2, -0.15) is 0 Å². The fraction of sp³-hybridized carbons (Fsp3) is 0. The maximum absolute atomic E-state index is 2.38. The van der Waals surface area contributed by atoms with E-state index >= 15 is 0 Å². The molecule has 12 aromatic rings. The molecule has 61 heavy (non-hydrogen) atoms. The highest BCUT2D eigenvalue weighted by atomic mass is 32.1. The number of fused-ring (bicyclic) bond motifs is 9. The third-order valence-corrected chi connectivity index (χ3v) is 13.7. The third-order valence-electron chi connectivity index (χ3n) is 12.5. The smallest absolute Gasteiger partial charge is 0.0434 e. The molecule has 11 aromatic carbocycles. The SMILES string of the molecule is c1ccc(-c2c(-c3cccc(-c4cccc(-c5cccc(-c6ccc7c8ccccc8c8ccccc8c7c6)c5)c4)c3)cccc2-c2cccc3c2sc2ccccc23)cc1. The molecule has 284 valence electrons. The Morgan fingerprint density at radius 1 is 0.213 bits per heavy atom. The quantitative estimate of drug-likeness (QED) is 0.147. The van der Waals surface area contributed by atoms with Gasteiger partial charge in [0.15, 0.2) is 0 Å². The molecule has 1 heteroatoms. The first-order chi connectivity index (χ1) is 30.2. The van der Waals surface area contributed by atoms with Crippen molar-refractivity contribution in [2.75, 3.05) is 0 Å². The van der Waals surface area contributed by atoms with E-state index in [1.807, 2.05) is 11.3 Å². The van der Waals surface area contributed by atoms with Crippen LogP contribution in [0.1, 0.15) is 0 Å². The first-order valence-electron chi connectivity index (χ1n) is 21.0. The molecule has 0 bridgehead atoms. The molecule has 0 fully saturated rings. The molecule has 12 rings (SSSR count). The Balaban J connectivity index is 0.938. The van der Waals surface area contributed by atoms with Crippen LogP contribution in [0.3, 0.4) is 0 Å². The molecule has 0 atom stereocenters. The molecule has 0 spiro atoms. The van der Waals surface area contributed by atoms with Crippen LogP contribution in [0.25, 0.3) is 119 Å². The first-order valence-corrected chi connectivity index (χ1v) is 21.8. The van der Waals surface area contributed by atoms with E-state index in [2.05, 4.69) is 231 Å². The number of hydrogen-bond acceptors (Lipinski definition) is 1. The van der Waals surface area contributed by atoms with Gasteiger partial charge in [-0.15, -0.1) is 11.3 Å². The van der Waals surface area contributed by atoms with Gasteiger partial charge in [0.2, 0.25) is 0 Å². The highest BCUT2D eigenvalue weighted by Crippen LogP contribution is 2.46. The van der Waals surface area contributed by atoms with Crippen molar-refractivity contribution in [1.29, 1.82) is 0 Å². The standard InChI is InChI=1S/C60H38S/c1-2-15-39(16-3-1)59-47(28-13-29-54(59)56-31-14-30-55-53-27-8-9-32-58(53)61-60(55)56)46-22-12-21-44(37-46)42-19-10-17-40(35-42)41-18-11-20-43(36-41)45-33-34-52-50-25-5-4-23-48(50)49-24-6-7-26-51(49)57(52)38-45/h1-38H. The lowest BCUT2D eigenvalue weighted by Crippen LogP contribution is -1.91. The summed E-state index contributed by atoms with van der Waals surface area (Å²) < 4.78 is 2.65. The molecule has 0 saturated carbocycles. The van der Waals surface area contributed by atoms with E-state index in [1.165, 1.54) is 119 Å². The van der Waals surface area contributed by atoms with Gasteiger partial charge in [0.05, 0.1) is 0 Å². The summed E-state index contributed by atoms with van der Waals surface area (Å²) in [5.41, 5.74) is 14.6. The first kappa shape index (κ1) is 35.4. The van der Waals surface area contributed by atoms with Gasteiger partial charge >= 0.3 is 0 Å². The van der Waals surface area contributed by atoms with Crippen molar-refractivity contribution < 1.29 is 0 Å². The van der Waals surface area contributed by atoms with Crippen molar-refractivity contribution in [3.63, 3.8) is 0 Å². The lowest BCUT2D eigenvalue weighted by molar-refractivity contribution is 1.55. The molecule has 0 aliphatic carbocycles. The second kappa shape index (κ2) is 14.6. The van der Waals surface area contributed by atoms with E-state index in [-0.39, 0.29) is 0 Å². The lowest BCUT2D eigenvalue weighted by Gasteiger charge is -2.17. The minimum Gasteiger partial charge on any atom is -0.135 e. The number of rotatable bonds is 6. The number of benzene rings is 11. The van der Waals surface area contributed by atoms with E-state index in [0.29, 0.717) is 0 Å². The zero-order valence-corrected chi connectivity index (χ0v) is 34.2. The average Bonchev–Trinajstić information content (AvgIpc) is 3.73. The van der Waals surface area contributed by atoms with E-state index in [9.17, 15) is 0 Å². The molecule has 0 radical (unpaired) electrons. The molecular weight excluding hydrogens is 753 g/mol. The van der Waals surface area contributed by atoms with Crippen molar-refractivity contribution in [2.24, 2.45) is 0 Å². The summed E-state index contributed by atoms with van der Waals surface area (Å²) in [6.07, 6.45) is 0. The van der Waals surface area contributed by atoms with Gasteiger partial charge in [0.25, 0.3) is 0 Å². The highest BCUT2D eigenvalue weighted by molar-refractivity contribution is 7.26. The highest BCUT2D eigenvalue weighted by Gasteiger charge is 2.18. The Bertz CT molecular complexity index is 3610. The summed E-state index contributed by atoms with van der Waals surface area (Å²) in [6.45, 7) is 0. The van der Waals surface area contributed by atoms with E-state index in [0.717, 1.165) is 0 Å². The zero-order chi connectivity index (χ0) is 40.3. The maximum atomic E-state index is 2.38. The van der Waals surface area contributed by atoms with Gasteiger partial charge in [0.1, 0.15) is 0 Å². The minimum absolute atomic E-state index is 1.19. The van der Waals surface area contributed by atoms with Crippen LogP contribution in [0.15, 0.2) is 231 Å². The van der Waals surface area contributed by atoms with Crippen LogP contribution in [-0.2, 0) is 0 Å². The van der Waals surface area contributed by atoms with Crippen LogP contribution in [0, 0.1) is 0 Å². The fourth-order valence-corrected chi connectivity index (χ4v) is 10.8. The van der Waals surface area contributed by atoms with E-state index in [1.54, 1.807) is 0 Å². The van der Waals surface area contributed by atoms with Gasteiger partial charge in [-0.1, -0.05) is 200 Å². The third kappa shape index (κ3) is 6.05. The Hall–Kier alpha value is -7.58. The van der Waals surface area contributed by atoms with E-state index in [4.69, 9.17) is 0 Å². The molecule has 1 heterocycles. The van der Waals surface area contributed by atoms with Gasteiger partial charge in [-0.05, 0) is 124 Å². The molecule has 0 aliphatic heterocycles. The molecule has 0 aliphatic rings. The average molecular weight is 791 g/mol. The van der Waals surface area contributed by atoms with Crippen LogP contribution < -0.4 is 0 Å². The van der Waals surface area contributed by atoms with Crippen LogP contribution in [0.5, 0.6) is 0 Å². The summed E-state index contributed by atoms with van der Waals surface area (Å²) in [4.78, 5) is 0. The molecule has 1 aromatic heterocycles. The Kier molecular flexibility index (Phi) is 8.47. The van der Waals surface area contributed by atoms with Crippen LogP contribution >= 0.6 is 11.3 Å². The summed E-state index contributed by atoms with van der Waals surface area (Å²) in [5, 5.41) is 10.4. The monoisotopic (exact) mass is 790 g/mol. The molecule has 0 N–H and O–H groups in total. The fourth-order valence-electron chi connectivity index (χ4n) is 9.60. The summed E-state index contributed by atoms with van der Waals surface area (Å²) >= 11 is 1.89. The Morgan fingerprint density at radius 2 is 0.623 bits per heavy atom. The lowest BCUT2D eigenvalue weighted by atomic mass is 9.86. The predicted molar refractivity (Wildman–Crippen MR) is 264 cm³/mol. The Labute approximate surface area is 359 Å².